The van der Waals surface area contributed by atoms with Crippen molar-refractivity contribution >= 4 is 5.91 Å². The lowest BCUT2D eigenvalue weighted by atomic mass is 10.1. The van der Waals surface area contributed by atoms with Gasteiger partial charge in [0.15, 0.2) is 0 Å². The van der Waals surface area contributed by atoms with Crippen LogP contribution in [-0.4, -0.2) is 33.4 Å². The molecule has 0 saturated carbocycles. The summed E-state index contributed by atoms with van der Waals surface area (Å²) in [6, 6.07) is 11.2. The minimum atomic E-state index is -0.569. The molecule has 0 saturated heterocycles. The molecule has 0 aliphatic rings. The highest BCUT2D eigenvalue weighted by atomic mass is 16.2. The standard InChI is InChI=1S/C16H19N3O3/c1-2-18(10-8-13-6-4-3-5-7-13)15(21)12-19-11-9-14(20)17-16(19)22/h3-7,9,11H,2,8,10,12H2,1H3,(H,17,20,22). The van der Waals surface area contributed by atoms with E-state index >= 15 is 0 Å². The minimum absolute atomic E-state index is 0.0712. The molecule has 0 unspecified atom stereocenters. The lowest BCUT2D eigenvalue weighted by Gasteiger charge is -2.21. The molecule has 22 heavy (non-hydrogen) atoms. The molecule has 6 nitrogen and oxygen atoms in total. The third-order valence-corrected chi connectivity index (χ3v) is 3.45. The van der Waals surface area contributed by atoms with Gasteiger partial charge in [0.1, 0.15) is 6.54 Å². The summed E-state index contributed by atoms with van der Waals surface area (Å²) in [6.45, 7) is 3.00. The monoisotopic (exact) mass is 301 g/mol. The predicted molar refractivity (Wildman–Crippen MR) is 83.7 cm³/mol. The zero-order valence-corrected chi connectivity index (χ0v) is 12.5. The number of aromatic amines is 1. The van der Waals surface area contributed by atoms with Crippen LogP contribution >= 0.6 is 0 Å². The number of nitrogens with zero attached hydrogens (tertiary/aromatic N) is 2. The van der Waals surface area contributed by atoms with E-state index in [-0.39, 0.29) is 12.5 Å². The number of H-pyrrole nitrogens is 1. The Labute approximate surface area is 128 Å². The maximum atomic E-state index is 12.3. The molecule has 1 aromatic heterocycles. The van der Waals surface area contributed by atoms with Gasteiger partial charge in [-0.05, 0) is 18.9 Å². The molecule has 2 rings (SSSR count). The van der Waals surface area contributed by atoms with Crippen LogP contribution in [0, 0.1) is 0 Å². The molecule has 0 bridgehead atoms. The number of hydrogen-bond acceptors (Lipinski definition) is 3. The second-order valence-corrected chi connectivity index (χ2v) is 4.95. The second-order valence-electron chi connectivity index (χ2n) is 4.95. The molecule has 1 aromatic carbocycles. The van der Waals surface area contributed by atoms with Crippen LogP contribution in [0.25, 0.3) is 0 Å². The van der Waals surface area contributed by atoms with E-state index in [0.29, 0.717) is 13.1 Å². The van der Waals surface area contributed by atoms with Gasteiger partial charge >= 0.3 is 5.69 Å². The van der Waals surface area contributed by atoms with E-state index in [1.54, 1.807) is 4.90 Å². The molecule has 116 valence electrons. The van der Waals surface area contributed by atoms with E-state index in [0.717, 1.165) is 12.0 Å². The number of likely N-dealkylation sites (N-methyl/N-ethyl adjacent to an activating group) is 1. The summed E-state index contributed by atoms with van der Waals surface area (Å²) in [6.07, 6.45) is 2.10. The molecular formula is C16H19N3O3. The number of carbonyl (C=O) groups excluding carboxylic acids is 1. The lowest BCUT2D eigenvalue weighted by molar-refractivity contribution is -0.131. The Hall–Kier alpha value is -2.63. The lowest BCUT2D eigenvalue weighted by Crippen LogP contribution is -2.39. The Bertz CT molecular complexity index is 734. The van der Waals surface area contributed by atoms with Crippen molar-refractivity contribution < 1.29 is 4.79 Å². The summed E-state index contributed by atoms with van der Waals surface area (Å²) >= 11 is 0. The van der Waals surface area contributed by atoms with Crippen LogP contribution in [0.1, 0.15) is 12.5 Å². The summed E-state index contributed by atoms with van der Waals surface area (Å²) in [7, 11) is 0. The Balaban J connectivity index is 1.99. The van der Waals surface area contributed by atoms with Gasteiger partial charge in [0.2, 0.25) is 5.91 Å². The Kier molecular flexibility index (Phi) is 5.30. The summed E-state index contributed by atoms with van der Waals surface area (Å²) < 4.78 is 1.20. The quantitative estimate of drug-likeness (QED) is 0.850. The zero-order chi connectivity index (χ0) is 15.9. The van der Waals surface area contributed by atoms with Crippen LogP contribution in [-0.2, 0) is 17.8 Å². The first-order valence-corrected chi connectivity index (χ1v) is 7.21. The number of hydrogen-bond donors (Lipinski definition) is 1. The molecule has 6 heteroatoms. The van der Waals surface area contributed by atoms with Gasteiger partial charge in [0.05, 0.1) is 0 Å². The van der Waals surface area contributed by atoms with Crippen LogP contribution in [0.4, 0.5) is 0 Å². The maximum Gasteiger partial charge on any atom is 0.328 e. The molecule has 2 aromatic rings. The van der Waals surface area contributed by atoms with Gasteiger partial charge in [-0.2, -0.15) is 0 Å². The average molecular weight is 301 g/mol. The number of carbonyl (C=O) groups is 1. The number of amides is 1. The molecule has 0 radical (unpaired) electrons. The van der Waals surface area contributed by atoms with Gasteiger partial charge in [0, 0.05) is 25.4 Å². The normalized spacial score (nSPS) is 10.4. The van der Waals surface area contributed by atoms with E-state index in [1.807, 2.05) is 37.3 Å². The van der Waals surface area contributed by atoms with Crippen molar-refractivity contribution in [2.24, 2.45) is 0 Å². The highest BCUT2D eigenvalue weighted by Gasteiger charge is 2.13. The predicted octanol–water partition coefficient (Wildman–Crippen LogP) is 0.628. The van der Waals surface area contributed by atoms with Crippen LogP contribution in [0.5, 0.6) is 0 Å². The van der Waals surface area contributed by atoms with Crippen LogP contribution in [0.3, 0.4) is 0 Å². The van der Waals surface area contributed by atoms with Crippen molar-refractivity contribution in [3.05, 3.63) is 69.0 Å². The Morgan fingerprint density at radius 2 is 1.91 bits per heavy atom. The van der Waals surface area contributed by atoms with Gasteiger partial charge in [0.25, 0.3) is 5.56 Å². The third-order valence-electron chi connectivity index (χ3n) is 3.45. The van der Waals surface area contributed by atoms with E-state index in [9.17, 15) is 14.4 Å². The number of aromatic nitrogens is 2. The largest absolute Gasteiger partial charge is 0.341 e. The molecule has 1 N–H and O–H groups in total. The van der Waals surface area contributed by atoms with Crippen LogP contribution in [0.2, 0.25) is 0 Å². The van der Waals surface area contributed by atoms with Crippen molar-refractivity contribution in [3.63, 3.8) is 0 Å². The topological polar surface area (TPSA) is 75.2 Å². The van der Waals surface area contributed by atoms with Crippen molar-refractivity contribution in [1.29, 1.82) is 0 Å². The zero-order valence-electron chi connectivity index (χ0n) is 12.5. The summed E-state index contributed by atoms with van der Waals surface area (Å²) in [5.74, 6) is -0.146. The highest BCUT2D eigenvalue weighted by Crippen LogP contribution is 2.02. The Morgan fingerprint density at radius 3 is 2.55 bits per heavy atom. The molecule has 0 atom stereocenters. The fraction of sp³-hybridized carbons (Fsp3) is 0.312. The second kappa shape index (κ2) is 7.40. The first-order valence-electron chi connectivity index (χ1n) is 7.21. The molecule has 0 spiro atoms. The first kappa shape index (κ1) is 15.8. The fourth-order valence-electron chi connectivity index (χ4n) is 2.18. The first-order chi connectivity index (χ1) is 10.6. The van der Waals surface area contributed by atoms with E-state index < -0.39 is 11.2 Å². The van der Waals surface area contributed by atoms with Crippen molar-refractivity contribution in [1.82, 2.24) is 14.5 Å². The van der Waals surface area contributed by atoms with Crippen molar-refractivity contribution in [2.75, 3.05) is 13.1 Å². The van der Waals surface area contributed by atoms with E-state index in [4.69, 9.17) is 0 Å². The van der Waals surface area contributed by atoms with Gasteiger partial charge in [-0.15, -0.1) is 0 Å². The SMILES string of the molecule is CCN(CCc1ccccc1)C(=O)Cn1ccc(=O)[nH]c1=O. The van der Waals surface area contributed by atoms with Crippen LogP contribution < -0.4 is 11.2 Å². The Morgan fingerprint density at radius 1 is 1.18 bits per heavy atom. The number of benzene rings is 1. The smallest absolute Gasteiger partial charge is 0.328 e. The number of nitrogens with one attached hydrogen (secondary N) is 1. The number of rotatable bonds is 6. The molecule has 0 aliphatic carbocycles. The third kappa shape index (κ3) is 4.18. The van der Waals surface area contributed by atoms with Gasteiger partial charge in [-0.1, -0.05) is 30.3 Å². The van der Waals surface area contributed by atoms with E-state index in [1.165, 1.54) is 16.8 Å². The molecule has 0 fully saturated rings. The molecule has 0 aliphatic heterocycles. The summed E-state index contributed by atoms with van der Waals surface area (Å²) in [4.78, 5) is 38.7. The molecular weight excluding hydrogens is 282 g/mol. The van der Waals surface area contributed by atoms with Crippen LogP contribution in [0.15, 0.2) is 52.2 Å². The van der Waals surface area contributed by atoms with Gasteiger partial charge < -0.3 is 4.90 Å². The minimum Gasteiger partial charge on any atom is -0.341 e. The van der Waals surface area contributed by atoms with Gasteiger partial charge in [-0.3, -0.25) is 19.1 Å². The average Bonchev–Trinajstić information content (AvgIpc) is 2.52. The highest BCUT2D eigenvalue weighted by molar-refractivity contribution is 5.75. The van der Waals surface area contributed by atoms with E-state index in [2.05, 4.69) is 4.98 Å². The fourth-order valence-corrected chi connectivity index (χ4v) is 2.18. The van der Waals surface area contributed by atoms with Crippen molar-refractivity contribution in [2.45, 2.75) is 19.9 Å². The molecule has 1 amide bonds. The summed E-state index contributed by atoms with van der Waals surface area (Å²) in [5.41, 5.74) is 0.125. The van der Waals surface area contributed by atoms with Gasteiger partial charge in [-0.25, -0.2) is 4.79 Å². The maximum absolute atomic E-state index is 12.3. The molecule has 1 heterocycles. The van der Waals surface area contributed by atoms with Crippen molar-refractivity contribution in [3.8, 4) is 0 Å². The summed E-state index contributed by atoms with van der Waals surface area (Å²) in [5, 5.41) is 0.